The Hall–Kier alpha value is -1.99. The predicted octanol–water partition coefficient (Wildman–Crippen LogP) is 1.48. The minimum Gasteiger partial charge on any atom is -0.454 e. The van der Waals surface area contributed by atoms with Crippen LogP contribution in [-0.2, 0) is 28.6 Å². The summed E-state index contributed by atoms with van der Waals surface area (Å²) in [6, 6.07) is 0. The van der Waals surface area contributed by atoms with E-state index in [1.807, 2.05) is 6.92 Å². The standard InChI is InChI=1S/C20H26O7/c1-9-6-7-13(21)10(2)16(22)17(26-19(24)20(5)12(4)27-20)15-11(3)18(23)25-14(15)8-9/h8,10,12-15,17,21H,3,6-7H2,1-2,4-5H3. The van der Waals surface area contributed by atoms with Crippen molar-refractivity contribution in [3.8, 4) is 0 Å². The Morgan fingerprint density at radius 3 is 2.59 bits per heavy atom. The first kappa shape index (κ1) is 19.8. The second kappa shape index (κ2) is 6.87. The molecule has 7 nitrogen and oxygen atoms in total. The summed E-state index contributed by atoms with van der Waals surface area (Å²) in [4.78, 5) is 37.8. The molecule has 2 fully saturated rings. The molecule has 7 heteroatoms. The van der Waals surface area contributed by atoms with Crippen molar-refractivity contribution in [2.45, 2.75) is 70.6 Å². The second-order valence-corrected chi connectivity index (χ2v) is 7.92. The number of ketones is 1. The van der Waals surface area contributed by atoms with Gasteiger partial charge in [0, 0.05) is 11.5 Å². The third-order valence-corrected chi connectivity index (χ3v) is 5.96. The molecular weight excluding hydrogens is 352 g/mol. The molecule has 0 aromatic heterocycles. The summed E-state index contributed by atoms with van der Waals surface area (Å²) < 4.78 is 16.2. The van der Waals surface area contributed by atoms with Crippen LogP contribution in [0.2, 0.25) is 0 Å². The van der Waals surface area contributed by atoms with Crippen molar-refractivity contribution >= 4 is 17.7 Å². The molecule has 0 spiro atoms. The Labute approximate surface area is 158 Å². The molecule has 148 valence electrons. The number of esters is 2. The van der Waals surface area contributed by atoms with E-state index in [4.69, 9.17) is 14.2 Å². The largest absolute Gasteiger partial charge is 0.454 e. The van der Waals surface area contributed by atoms with Crippen LogP contribution < -0.4 is 0 Å². The monoisotopic (exact) mass is 378 g/mol. The van der Waals surface area contributed by atoms with Crippen molar-refractivity contribution in [3.05, 3.63) is 23.8 Å². The summed E-state index contributed by atoms with van der Waals surface area (Å²) >= 11 is 0. The lowest BCUT2D eigenvalue weighted by molar-refractivity contribution is -0.165. The van der Waals surface area contributed by atoms with Gasteiger partial charge < -0.3 is 19.3 Å². The lowest BCUT2D eigenvalue weighted by atomic mass is 9.80. The highest BCUT2D eigenvalue weighted by atomic mass is 16.7. The number of Topliss-reactive ketones (excluding diaryl/α,β-unsaturated/α-hetero) is 1. The number of hydrogen-bond donors (Lipinski definition) is 1. The van der Waals surface area contributed by atoms with E-state index in [0.29, 0.717) is 12.8 Å². The van der Waals surface area contributed by atoms with Gasteiger partial charge in [0.1, 0.15) is 6.10 Å². The Balaban J connectivity index is 1.99. The average Bonchev–Trinajstić information content (AvgIpc) is 3.14. The van der Waals surface area contributed by atoms with Gasteiger partial charge in [-0.2, -0.15) is 0 Å². The van der Waals surface area contributed by atoms with Crippen LogP contribution in [0, 0.1) is 11.8 Å². The smallest absolute Gasteiger partial charge is 0.341 e. The van der Waals surface area contributed by atoms with Crippen LogP contribution in [0.5, 0.6) is 0 Å². The fourth-order valence-corrected chi connectivity index (χ4v) is 3.63. The molecule has 0 radical (unpaired) electrons. The SMILES string of the molecule is C=C1C(=O)OC2C=C(C)CCC(O)C(C)C(=O)C(OC(=O)C3(C)OC3C)C12. The van der Waals surface area contributed by atoms with E-state index >= 15 is 0 Å². The number of fused-ring (bicyclic) bond motifs is 1. The Bertz CT molecular complexity index is 724. The van der Waals surface area contributed by atoms with Crippen LogP contribution in [0.25, 0.3) is 0 Å². The molecule has 0 amide bonds. The van der Waals surface area contributed by atoms with Gasteiger partial charge in [0.25, 0.3) is 0 Å². The topological polar surface area (TPSA) is 102 Å². The van der Waals surface area contributed by atoms with Crippen molar-refractivity contribution in [1.29, 1.82) is 0 Å². The van der Waals surface area contributed by atoms with Gasteiger partial charge in [-0.15, -0.1) is 0 Å². The number of hydrogen-bond acceptors (Lipinski definition) is 7. The summed E-state index contributed by atoms with van der Waals surface area (Å²) in [6.45, 7) is 10.6. The summed E-state index contributed by atoms with van der Waals surface area (Å²) in [7, 11) is 0. The van der Waals surface area contributed by atoms with Gasteiger partial charge in [-0.25, -0.2) is 9.59 Å². The Kier molecular flexibility index (Phi) is 5.03. The molecule has 2 heterocycles. The molecule has 0 bridgehead atoms. The zero-order valence-electron chi connectivity index (χ0n) is 16.1. The highest BCUT2D eigenvalue weighted by Gasteiger charge is 2.59. The van der Waals surface area contributed by atoms with E-state index in [0.717, 1.165) is 5.57 Å². The van der Waals surface area contributed by atoms with Crippen LogP contribution >= 0.6 is 0 Å². The highest BCUT2D eigenvalue weighted by Crippen LogP contribution is 2.40. The molecule has 1 N–H and O–H groups in total. The predicted molar refractivity (Wildman–Crippen MR) is 94.5 cm³/mol. The first-order valence-electron chi connectivity index (χ1n) is 9.24. The van der Waals surface area contributed by atoms with Crippen LogP contribution in [0.15, 0.2) is 23.8 Å². The summed E-state index contributed by atoms with van der Waals surface area (Å²) in [5.41, 5.74) is -0.0968. The van der Waals surface area contributed by atoms with E-state index in [1.54, 1.807) is 26.8 Å². The minimum atomic E-state index is -1.28. The van der Waals surface area contributed by atoms with E-state index in [1.165, 1.54) is 0 Å². The third-order valence-electron chi connectivity index (χ3n) is 5.96. The normalized spacial score (nSPS) is 42.1. The van der Waals surface area contributed by atoms with Crippen LogP contribution in [0.1, 0.15) is 40.5 Å². The van der Waals surface area contributed by atoms with Gasteiger partial charge in [-0.05, 0) is 39.7 Å². The number of rotatable bonds is 2. The molecule has 2 aliphatic heterocycles. The van der Waals surface area contributed by atoms with Crippen molar-refractivity contribution in [2.24, 2.45) is 11.8 Å². The molecule has 0 aromatic rings. The third kappa shape index (κ3) is 3.46. The van der Waals surface area contributed by atoms with Crippen LogP contribution in [0.3, 0.4) is 0 Å². The van der Waals surface area contributed by atoms with Crippen LogP contribution in [0.4, 0.5) is 0 Å². The molecule has 3 rings (SSSR count). The fourth-order valence-electron chi connectivity index (χ4n) is 3.63. The van der Waals surface area contributed by atoms with E-state index < -0.39 is 53.5 Å². The molecular formula is C20H26O7. The first-order valence-corrected chi connectivity index (χ1v) is 9.24. The number of aliphatic hydroxyl groups is 1. The lowest BCUT2D eigenvalue weighted by Gasteiger charge is -2.30. The maximum absolute atomic E-state index is 13.1. The van der Waals surface area contributed by atoms with Gasteiger partial charge in [0.2, 0.25) is 0 Å². The number of aliphatic hydroxyl groups excluding tert-OH is 1. The summed E-state index contributed by atoms with van der Waals surface area (Å²) in [5, 5.41) is 10.4. The zero-order valence-corrected chi connectivity index (χ0v) is 16.1. The molecule has 7 atom stereocenters. The average molecular weight is 378 g/mol. The maximum Gasteiger partial charge on any atom is 0.341 e. The zero-order chi connectivity index (χ0) is 20.1. The Morgan fingerprint density at radius 1 is 1.37 bits per heavy atom. The molecule has 1 aliphatic carbocycles. The number of ether oxygens (including phenoxy) is 3. The van der Waals surface area contributed by atoms with Crippen molar-refractivity contribution in [3.63, 3.8) is 0 Å². The van der Waals surface area contributed by atoms with Gasteiger partial charge in [0.15, 0.2) is 17.5 Å². The molecule has 0 saturated carbocycles. The van der Waals surface area contributed by atoms with Gasteiger partial charge in [0.05, 0.1) is 18.1 Å². The Morgan fingerprint density at radius 2 is 2.00 bits per heavy atom. The van der Waals surface area contributed by atoms with Crippen molar-refractivity contribution in [1.82, 2.24) is 0 Å². The quantitative estimate of drug-likeness (QED) is 0.336. The number of allylic oxidation sites excluding steroid dienone is 1. The van der Waals surface area contributed by atoms with Crippen molar-refractivity contribution < 1.29 is 33.7 Å². The summed E-state index contributed by atoms with van der Waals surface area (Å²) in [6.07, 6.45) is -0.502. The number of epoxide rings is 1. The molecule has 27 heavy (non-hydrogen) atoms. The summed E-state index contributed by atoms with van der Waals surface area (Å²) in [5.74, 6) is -3.32. The lowest BCUT2D eigenvalue weighted by Crippen LogP contribution is -2.46. The van der Waals surface area contributed by atoms with Gasteiger partial charge >= 0.3 is 11.9 Å². The molecule has 7 unspecified atom stereocenters. The highest BCUT2D eigenvalue weighted by molar-refractivity contribution is 5.96. The van der Waals surface area contributed by atoms with Gasteiger partial charge in [-0.3, -0.25) is 4.79 Å². The molecule has 2 saturated heterocycles. The van der Waals surface area contributed by atoms with Crippen molar-refractivity contribution in [2.75, 3.05) is 0 Å². The first-order chi connectivity index (χ1) is 12.6. The minimum absolute atomic E-state index is 0.0902. The second-order valence-electron chi connectivity index (χ2n) is 7.92. The van der Waals surface area contributed by atoms with Crippen LogP contribution in [-0.4, -0.2) is 52.8 Å². The molecule has 0 aromatic carbocycles. The fraction of sp³-hybridized carbons (Fsp3) is 0.650. The maximum atomic E-state index is 13.1. The number of carbonyl (C=O) groups excluding carboxylic acids is 3. The van der Waals surface area contributed by atoms with E-state index in [9.17, 15) is 19.5 Å². The molecule has 3 aliphatic rings. The van der Waals surface area contributed by atoms with Gasteiger partial charge in [-0.1, -0.05) is 19.1 Å². The van der Waals surface area contributed by atoms with E-state index in [2.05, 4.69) is 6.58 Å². The number of carbonyl (C=O) groups is 3. The van der Waals surface area contributed by atoms with E-state index in [-0.39, 0.29) is 11.7 Å².